The first-order valence-corrected chi connectivity index (χ1v) is 9.15. The fourth-order valence-electron chi connectivity index (χ4n) is 2.27. The highest BCUT2D eigenvalue weighted by molar-refractivity contribution is 5.90. The first-order chi connectivity index (χ1) is 11.9. The van der Waals surface area contributed by atoms with Crippen LogP contribution in [-0.4, -0.2) is 35.5 Å². The molecule has 0 radical (unpaired) electrons. The van der Waals surface area contributed by atoms with Crippen LogP contribution in [0.25, 0.3) is 0 Å². The van der Waals surface area contributed by atoms with Crippen LogP contribution in [0.15, 0.2) is 12.3 Å². The van der Waals surface area contributed by atoms with E-state index < -0.39 is 17.7 Å². The number of Topliss-reactive ketones (excluding diaryl/α,β-unsaturated/α-hetero) is 1. The molecule has 26 heavy (non-hydrogen) atoms. The van der Waals surface area contributed by atoms with Gasteiger partial charge in [0.05, 0.1) is 6.04 Å². The number of ketones is 1. The lowest BCUT2D eigenvalue weighted by Crippen LogP contribution is -2.43. The summed E-state index contributed by atoms with van der Waals surface area (Å²) in [6, 6.07) is -0.652. The lowest BCUT2D eigenvalue weighted by molar-refractivity contribution is -0.126. The summed E-state index contributed by atoms with van der Waals surface area (Å²) in [4.78, 5) is 36.2. The van der Waals surface area contributed by atoms with Crippen LogP contribution in [0.3, 0.4) is 0 Å². The van der Waals surface area contributed by atoms with E-state index >= 15 is 0 Å². The number of carbonyl (C=O) groups is 3. The van der Waals surface area contributed by atoms with Crippen LogP contribution in [0.4, 0.5) is 4.79 Å². The third-order valence-electron chi connectivity index (χ3n) is 3.37. The summed E-state index contributed by atoms with van der Waals surface area (Å²) < 4.78 is 5.23. The predicted octanol–water partition coefficient (Wildman–Crippen LogP) is 2.79. The Bertz CT molecular complexity index is 496. The van der Waals surface area contributed by atoms with Gasteiger partial charge in [0, 0.05) is 24.6 Å². The second-order valence-electron chi connectivity index (χ2n) is 7.79. The van der Waals surface area contributed by atoms with Gasteiger partial charge in [-0.3, -0.25) is 9.59 Å². The van der Waals surface area contributed by atoms with Gasteiger partial charge in [-0.2, -0.15) is 0 Å². The molecule has 0 aliphatic carbocycles. The SMILES string of the molecule is C=C(N)CCCCC(NC(=O)OC(C)(C)C)C(=O)CCC(=O)NC(C)C. The third kappa shape index (κ3) is 13.3. The van der Waals surface area contributed by atoms with E-state index in [4.69, 9.17) is 10.5 Å². The van der Waals surface area contributed by atoms with Crippen molar-refractivity contribution in [2.24, 2.45) is 5.73 Å². The summed E-state index contributed by atoms with van der Waals surface area (Å²) >= 11 is 0. The normalized spacial score (nSPS) is 12.4. The third-order valence-corrected chi connectivity index (χ3v) is 3.37. The first kappa shape index (κ1) is 23.9. The van der Waals surface area contributed by atoms with Crippen molar-refractivity contribution in [3.63, 3.8) is 0 Å². The van der Waals surface area contributed by atoms with Gasteiger partial charge in [0.25, 0.3) is 0 Å². The topological polar surface area (TPSA) is 111 Å². The maximum atomic E-state index is 12.5. The molecule has 0 saturated heterocycles. The van der Waals surface area contributed by atoms with Crippen molar-refractivity contribution in [1.82, 2.24) is 10.6 Å². The molecule has 1 atom stereocenters. The molecule has 0 heterocycles. The van der Waals surface area contributed by atoms with Gasteiger partial charge in [0.2, 0.25) is 5.91 Å². The first-order valence-electron chi connectivity index (χ1n) is 9.15. The Labute approximate surface area is 157 Å². The summed E-state index contributed by atoms with van der Waals surface area (Å²) in [6.07, 6.45) is 2.17. The minimum absolute atomic E-state index is 0.0256. The average molecular weight is 370 g/mol. The molecule has 0 saturated carbocycles. The van der Waals surface area contributed by atoms with Crippen LogP contribution in [0.1, 0.15) is 73.1 Å². The van der Waals surface area contributed by atoms with Gasteiger partial charge < -0.3 is 21.1 Å². The molecule has 0 rings (SSSR count). The number of nitrogens with two attached hydrogens (primary N) is 1. The number of rotatable bonds is 11. The van der Waals surface area contributed by atoms with Gasteiger partial charge in [-0.15, -0.1) is 0 Å². The number of ether oxygens (including phenoxy) is 1. The molecule has 0 spiro atoms. The minimum Gasteiger partial charge on any atom is -0.444 e. The number of alkyl carbamates (subject to hydrolysis) is 1. The van der Waals surface area contributed by atoms with E-state index in [2.05, 4.69) is 17.2 Å². The van der Waals surface area contributed by atoms with E-state index in [0.29, 0.717) is 25.0 Å². The van der Waals surface area contributed by atoms with Gasteiger partial charge in [0.15, 0.2) is 5.78 Å². The average Bonchev–Trinajstić information content (AvgIpc) is 2.45. The summed E-state index contributed by atoms with van der Waals surface area (Å²) in [5.74, 6) is -0.356. The number of amides is 2. The number of hydrogen-bond donors (Lipinski definition) is 3. The highest BCUT2D eigenvalue weighted by Crippen LogP contribution is 2.12. The number of hydrogen-bond acceptors (Lipinski definition) is 5. The van der Waals surface area contributed by atoms with E-state index in [-0.39, 0.29) is 30.6 Å². The second kappa shape index (κ2) is 11.5. The monoisotopic (exact) mass is 369 g/mol. The molecule has 7 heteroatoms. The Balaban J connectivity index is 4.67. The minimum atomic E-state index is -0.678. The van der Waals surface area contributed by atoms with Crippen molar-refractivity contribution in [2.75, 3.05) is 0 Å². The highest BCUT2D eigenvalue weighted by atomic mass is 16.6. The fraction of sp³-hybridized carbons (Fsp3) is 0.737. The molecule has 0 aliphatic heterocycles. The molecule has 0 aliphatic rings. The van der Waals surface area contributed by atoms with Crippen molar-refractivity contribution in [2.45, 2.75) is 90.8 Å². The zero-order chi connectivity index (χ0) is 20.3. The molecule has 0 aromatic carbocycles. The molecule has 0 aromatic heterocycles. The van der Waals surface area contributed by atoms with Crippen LogP contribution < -0.4 is 16.4 Å². The van der Waals surface area contributed by atoms with E-state index in [0.717, 1.165) is 6.42 Å². The van der Waals surface area contributed by atoms with Crippen molar-refractivity contribution >= 4 is 17.8 Å². The van der Waals surface area contributed by atoms with Crippen molar-refractivity contribution in [3.05, 3.63) is 12.3 Å². The van der Waals surface area contributed by atoms with Gasteiger partial charge in [-0.05, 0) is 53.9 Å². The molecule has 1 unspecified atom stereocenters. The van der Waals surface area contributed by atoms with Crippen LogP contribution in [0.5, 0.6) is 0 Å². The molecular weight excluding hydrogens is 334 g/mol. The quantitative estimate of drug-likeness (QED) is 0.485. The zero-order valence-electron chi connectivity index (χ0n) is 16.8. The van der Waals surface area contributed by atoms with Gasteiger partial charge in [0.1, 0.15) is 5.60 Å². The maximum Gasteiger partial charge on any atom is 0.408 e. The molecular formula is C19H35N3O4. The Hall–Kier alpha value is -2.05. The van der Waals surface area contributed by atoms with E-state index in [1.54, 1.807) is 20.8 Å². The standard InChI is InChI=1S/C19H35N3O4/c1-13(2)21-17(24)12-11-16(23)15(10-8-7-9-14(3)20)22-18(25)26-19(4,5)6/h13,15H,3,7-12,20H2,1-2,4-6H3,(H,21,24)(H,22,25). The summed E-state index contributed by atoms with van der Waals surface area (Å²) in [7, 11) is 0. The molecule has 2 amide bonds. The van der Waals surface area contributed by atoms with Crippen molar-refractivity contribution in [3.8, 4) is 0 Å². The van der Waals surface area contributed by atoms with Crippen molar-refractivity contribution in [1.29, 1.82) is 0 Å². The molecule has 0 aromatic rings. The highest BCUT2D eigenvalue weighted by Gasteiger charge is 2.24. The van der Waals surface area contributed by atoms with Crippen LogP contribution in [0.2, 0.25) is 0 Å². The Morgan fingerprint density at radius 3 is 2.15 bits per heavy atom. The van der Waals surface area contributed by atoms with E-state index in [1.165, 1.54) is 0 Å². The zero-order valence-corrected chi connectivity index (χ0v) is 16.8. The summed E-state index contributed by atoms with van der Waals surface area (Å²) in [5, 5.41) is 5.38. The number of nitrogens with one attached hydrogen (secondary N) is 2. The Kier molecular flexibility index (Phi) is 10.6. The lowest BCUT2D eigenvalue weighted by Gasteiger charge is -2.23. The molecule has 0 bridgehead atoms. The fourth-order valence-corrected chi connectivity index (χ4v) is 2.27. The van der Waals surface area contributed by atoms with Gasteiger partial charge in [-0.1, -0.05) is 13.0 Å². The van der Waals surface area contributed by atoms with E-state index in [1.807, 2.05) is 13.8 Å². The number of allylic oxidation sites excluding steroid dienone is 1. The molecule has 0 fully saturated rings. The smallest absolute Gasteiger partial charge is 0.408 e. The van der Waals surface area contributed by atoms with Gasteiger partial charge >= 0.3 is 6.09 Å². The number of carbonyl (C=O) groups excluding carboxylic acids is 3. The van der Waals surface area contributed by atoms with Gasteiger partial charge in [-0.25, -0.2) is 4.79 Å². The summed E-state index contributed by atoms with van der Waals surface area (Å²) in [6.45, 7) is 12.6. The van der Waals surface area contributed by atoms with Crippen LogP contribution in [0, 0.1) is 0 Å². The Morgan fingerprint density at radius 1 is 1.04 bits per heavy atom. The molecule has 4 N–H and O–H groups in total. The maximum absolute atomic E-state index is 12.5. The van der Waals surface area contributed by atoms with E-state index in [9.17, 15) is 14.4 Å². The lowest BCUT2D eigenvalue weighted by atomic mass is 10.0. The second-order valence-corrected chi connectivity index (χ2v) is 7.79. The molecule has 150 valence electrons. The van der Waals surface area contributed by atoms with Crippen molar-refractivity contribution < 1.29 is 19.1 Å². The Morgan fingerprint density at radius 2 is 1.65 bits per heavy atom. The summed E-state index contributed by atoms with van der Waals surface area (Å²) in [5.41, 5.74) is 5.49. The largest absolute Gasteiger partial charge is 0.444 e. The predicted molar refractivity (Wildman–Crippen MR) is 102 cm³/mol. The van der Waals surface area contributed by atoms with Crippen LogP contribution >= 0.6 is 0 Å². The van der Waals surface area contributed by atoms with Crippen LogP contribution in [-0.2, 0) is 14.3 Å². The number of unbranched alkanes of at least 4 members (excludes halogenated alkanes) is 1. The molecule has 7 nitrogen and oxygen atoms in total.